The summed E-state index contributed by atoms with van der Waals surface area (Å²) in [5.74, 6) is -0.188. The molecule has 252 valence electrons. The maximum absolute atomic E-state index is 13.0. The van der Waals surface area contributed by atoms with Crippen LogP contribution < -0.4 is 24.8 Å². The van der Waals surface area contributed by atoms with E-state index in [0.29, 0.717) is 45.4 Å². The Morgan fingerprint density at radius 1 is 0.792 bits per heavy atom. The number of unbranched alkanes of at least 4 members (excludes halogenated alkanes) is 4. The van der Waals surface area contributed by atoms with Crippen molar-refractivity contribution in [2.45, 2.75) is 65.3 Å². The fourth-order valence-corrected chi connectivity index (χ4v) is 5.66. The maximum Gasteiger partial charge on any atom is 0.343 e. The van der Waals surface area contributed by atoms with Crippen molar-refractivity contribution in [3.63, 3.8) is 0 Å². The van der Waals surface area contributed by atoms with E-state index in [0.717, 1.165) is 17.7 Å². The summed E-state index contributed by atoms with van der Waals surface area (Å²) in [6, 6.07) is 21.1. The first-order valence-electron chi connectivity index (χ1n) is 16.1. The number of anilines is 1. The lowest BCUT2D eigenvalue weighted by Crippen LogP contribution is -2.41. The van der Waals surface area contributed by atoms with Crippen molar-refractivity contribution in [2.24, 2.45) is 0 Å². The second-order valence-electron chi connectivity index (χ2n) is 11.4. The Balaban J connectivity index is 1.32. The summed E-state index contributed by atoms with van der Waals surface area (Å²) in [7, 11) is 1.46. The molecule has 0 saturated heterocycles. The Hall–Kier alpha value is -4.96. The van der Waals surface area contributed by atoms with Gasteiger partial charge in [-0.15, -0.1) is 11.3 Å². The van der Waals surface area contributed by atoms with Crippen LogP contribution in [0.3, 0.4) is 0 Å². The molecule has 0 aliphatic carbocycles. The molecule has 0 spiro atoms. The molecule has 2 N–H and O–H groups in total. The molecular weight excluding hydrogens is 628 g/mol. The normalized spacial score (nSPS) is 11.3. The minimum atomic E-state index is -0.811. The van der Waals surface area contributed by atoms with E-state index in [-0.39, 0.29) is 23.9 Å². The predicted molar refractivity (Wildman–Crippen MR) is 188 cm³/mol. The average Bonchev–Trinajstić information content (AvgIpc) is 3.53. The Kier molecular flexibility index (Phi) is 13.3. The SMILES string of the molecule is CCCCCCCOc1ccc(C(=O)Oc2ccc(CC(NC(=O)c3ccc(NC(=O)c4ccc(C)s4)cc3)C(C)=O)cc2OC)cc1. The summed E-state index contributed by atoms with van der Waals surface area (Å²) in [6.45, 7) is 6.16. The van der Waals surface area contributed by atoms with Gasteiger partial charge < -0.3 is 24.8 Å². The van der Waals surface area contributed by atoms with E-state index < -0.39 is 17.9 Å². The summed E-state index contributed by atoms with van der Waals surface area (Å²) < 4.78 is 16.9. The number of benzene rings is 3. The van der Waals surface area contributed by atoms with Gasteiger partial charge in [0.15, 0.2) is 17.3 Å². The molecule has 4 aromatic rings. The predicted octanol–water partition coefficient (Wildman–Crippen LogP) is 7.82. The fraction of sp³-hybridized carbons (Fsp3) is 0.316. The number of rotatable bonds is 17. The first-order valence-corrected chi connectivity index (χ1v) is 16.9. The molecule has 48 heavy (non-hydrogen) atoms. The number of ether oxygens (including phenoxy) is 3. The van der Waals surface area contributed by atoms with Gasteiger partial charge in [0.25, 0.3) is 11.8 Å². The van der Waals surface area contributed by atoms with Crippen LogP contribution in [0.5, 0.6) is 17.2 Å². The first-order chi connectivity index (χ1) is 23.2. The number of hydrogen-bond donors (Lipinski definition) is 2. The highest BCUT2D eigenvalue weighted by Crippen LogP contribution is 2.30. The molecule has 0 radical (unpaired) electrons. The van der Waals surface area contributed by atoms with Crippen molar-refractivity contribution in [3.8, 4) is 17.2 Å². The summed E-state index contributed by atoms with van der Waals surface area (Å²) >= 11 is 1.40. The number of aryl methyl sites for hydroxylation is 1. The van der Waals surface area contributed by atoms with E-state index in [1.165, 1.54) is 44.6 Å². The Morgan fingerprint density at radius 2 is 1.50 bits per heavy atom. The average molecular weight is 671 g/mol. The monoisotopic (exact) mass is 670 g/mol. The van der Waals surface area contributed by atoms with Crippen molar-refractivity contribution < 1.29 is 33.4 Å². The van der Waals surface area contributed by atoms with Gasteiger partial charge in [-0.3, -0.25) is 14.4 Å². The highest BCUT2D eigenvalue weighted by atomic mass is 32.1. The van der Waals surface area contributed by atoms with Gasteiger partial charge in [-0.2, -0.15) is 0 Å². The van der Waals surface area contributed by atoms with Gasteiger partial charge in [0.05, 0.1) is 30.2 Å². The maximum atomic E-state index is 13.0. The van der Waals surface area contributed by atoms with Crippen molar-refractivity contribution in [3.05, 3.63) is 105 Å². The van der Waals surface area contributed by atoms with E-state index in [2.05, 4.69) is 17.6 Å². The van der Waals surface area contributed by atoms with Gasteiger partial charge in [-0.05, 0) is 105 Å². The van der Waals surface area contributed by atoms with Crippen LogP contribution in [-0.4, -0.2) is 43.3 Å². The Labute approximate surface area is 285 Å². The largest absolute Gasteiger partial charge is 0.494 e. The number of ketones is 1. The summed E-state index contributed by atoms with van der Waals surface area (Å²) in [6.07, 6.45) is 5.97. The lowest BCUT2D eigenvalue weighted by Gasteiger charge is -2.17. The van der Waals surface area contributed by atoms with Crippen molar-refractivity contribution in [1.82, 2.24) is 5.32 Å². The molecule has 1 atom stereocenters. The molecule has 3 aromatic carbocycles. The van der Waals surface area contributed by atoms with Gasteiger partial charge in [0.1, 0.15) is 5.75 Å². The molecule has 9 nitrogen and oxygen atoms in total. The zero-order valence-electron chi connectivity index (χ0n) is 27.8. The summed E-state index contributed by atoms with van der Waals surface area (Å²) in [4.78, 5) is 52.5. The van der Waals surface area contributed by atoms with Crippen LogP contribution in [0.25, 0.3) is 0 Å². The zero-order valence-corrected chi connectivity index (χ0v) is 28.6. The molecular formula is C38H42N2O7S. The third-order valence-electron chi connectivity index (χ3n) is 7.64. The molecule has 1 heterocycles. The second-order valence-corrected chi connectivity index (χ2v) is 12.7. The van der Waals surface area contributed by atoms with E-state index in [1.807, 2.05) is 13.0 Å². The fourth-order valence-electron chi connectivity index (χ4n) is 4.89. The number of thiophene rings is 1. The number of Topliss-reactive ketones (excluding diaryl/α,β-unsaturated/α-hetero) is 1. The lowest BCUT2D eigenvalue weighted by molar-refractivity contribution is -0.118. The van der Waals surface area contributed by atoms with Crippen LogP contribution in [0.2, 0.25) is 0 Å². The summed E-state index contributed by atoms with van der Waals surface area (Å²) in [5, 5.41) is 5.61. The quantitative estimate of drug-likeness (QED) is 0.0668. The first kappa shape index (κ1) is 35.9. The topological polar surface area (TPSA) is 120 Å². The van der Waals surface area contributed by atoms with Gasteiger partial charge >= 0.3 is 5.97 Å². The third kappa shape index (κ3) is 10.5. The van der Waals surface area contributed by atoms with E-state index >= 15 is 0 Å². The van der Waals surface area contributed by atoms with Crippen molar-refractivity contribution >= 4 is 40.6 Å². The van der Waals surface area contributed by atoms with Crippen LogP contribution in [0.4, 0.5) is 5.69 Å². The number of carbonyl (C=O) groups excluding carboxylic acids is 4. The van der Waals surface area contributed by atoms with Crippen LogP contribution in [0.15, 0.2) is 78.9 Å². The van der Waals surface area contributed by atoms with Crippen LogP contribution >= 0.6 is 11.3 Å². The lowest BCUT2D eigenvalue weighted by atomic mass is 10.0. The number of nitrogens with one attached hydrogen (secondary N) is 2. The number of methoxy groups -OCH3 is 1. The van der Waals surface area contributed by atoms with E-state index in [9.17, 15) is 19.2 Å². The third-order valence-corrected chi connectivity index (χ3v) is 8.64. The molecule has 0 bridgehead atoms. The molecule has 0 saturated carbocycles. The van der Waals surface area contributed by atoms with Gasteiger partial charge in [0, 0.05) is 16.1 Å². The van der Waals surface area contributed by atoms with Crippen LogP contribution in [0, 0.1) is 6.92 Å². The van der Waals surface area contributed by atoms with Crippen LogP contribution in [-0.2, 0) is 11.2 Å². The number of amides is 2. The highest BCUT2D eigenvalue weighted by Gasteiger charge is 2.21. The molecule has 0 aliphatic rings. The van der Waals surface area contributed by atoms with Gasteiger partial charge in [-0.1, -0.05) is 38.7 Å². The number of carbonyl (C=O) groups is 4. The standard InChI is InChI=1S/C38H42N2O7S/c1-5-6-7-8-9-22-46-31-18-14-29(15-19-31)38(44)47-33-20-11-27(24-34(33)45-4)23-32(26(3)41)40-36(42)28-12-16-30(17-13-28)39-37(43)35-21-10-25(2)48-35/h10-21,24,32H,5-9,22-23H2,1-4H3,(H,39,43)(H,40,42). The van der Waals surface area contributed by atoms with E-state index in [4.69, 9.17) is 14.2 Å². The molecule has 2 amide bonds. The van der Waals surface area contributed by atoms with Crippen LogP contribution in [0.1, 0.15) is 86.8 Å². The smallest absolute Gasteiger partial charge is 0.343 e. The molecule has 0 fully saturated rings. The molecule has 0 aliphatic heterocycles. The number of esters is 1. The molecule has 10 heteroatoms. The van der Waals surface area contributed by atoms with Gasteiger partial charge in [0.2, 0.25) is 0 Å². The molecule has 4 rings (SSSR count). The summed E-state index contributed by atoms with van der Waals surface area (Å²) in [5.41, 5.74) is 1.95. The second kappa shape index (κ2) is 17.8. The Bertz CT molecular complexity index is 1700. The number of hydrogen-bond acceptors (Lipinski definition) is 8. The van der Waals surface area contributed by atoms with Crippen molar-refractivity contribution in [1.29, 1.82) is 0 Å². The molecule has 1 aromatic heterocycles. The Morgan fingerprint density at radius 3 is 2.15 bits per heavy atom. The van der Waals surface area contributed by atoms with Gasteiger partial charge in [-0.25, -0.2) is 4.79 Å². The minimum Gasteiger partial charge on any atom is -0.494 e. The zero-order chi connectivity index (χ0) is 34.5. The molecule has 1 unspecified atom stereocenters. The van der Waals surface area contributed by atoms with E-state index in [1.54, 1.807) is 72.8 Å². The highest BCUT2D eigenvalue weighted by molar-refractivity contribution is 7.14. The van der Waals surface area contributed by atoms with Crippen molar-refractivity contribution in [2.75, 3.05) is 19.0 Å². The minimum absolute atomic E-state index is 0.195.